The van der Waals surface area contributed by atoms with Gasteiger partial charge in [0.1, 0.15) is 0 Å². The van der Waals surface area contributed by atoms with Gasteiger partial charge in [0.05, 0.1) is 17.6 Å². The SMILES string of the molecule is CC1CC(O)(C(C)C(=O)O)CCO1. The van der Waals surface area contributed by atoms with Crippen LogP contribution < -0.4 is 0 Å². The Balaban J connectivity index is 2.68. The summed E-state index contributed by atoms with van der Waals surface area (Å²) in [5.74, 6) is -1.67. The van der Waals surface area contributed by atoms with E-state index in [0.29, 0.717) is 19.4 Å². The van der Waals surface area contributed by atoms with Crippen molar-refractivity contribution in [3.63, 3.8) is 0 Å². The van der Waals surface area contributed by atoms with E-state index < -0.39 is 17.5 Å². The second-order valence-corrected chi connectivity index (χ2v) is 3.80. The number of aliphatic hydroxyl groups is 1. The van der Waals surface area contributed by atoms with Crippen molar-refractivity contribution in [1.29, 1.82) is 0 Å². The van der Waals surface area contributed by atoms with Gasteiger partial charge in [0, 0.05) is 19.4 Å². The lowest BCUT2D eigenvalue weighted by atomic mass is 9.80. The van der Waals surface area contributed by atoms with Crippen LogP contribution in [0.15, 0.2) is 0 Å². The van der Waals surface area contributed by atoms with Crippen LogP contribution in [0, 0.1) is 5.92 Å². The molecule has 2 N–H and O–H groups in total. The van der Waals surface area contributed by atoms with Gasteiger partial charge in [-0.2, -0.15) is 0 Å². The molecule has 1 aliphatic heterocycles. The zero-order valence-corrected chi connectivity index (χ0v) is 7.99. The predicted molar refractivity (Wildman–Crippen MR) is 46.4 cm³/mol. The standard InChI is InChI=1S/C9H16O4/c1-6-5-9(12,3-4-13-6)7(2)8(10)11/h6-7,12H,3-5H2,1-2H3,(H,10,11). The van der Waals surface area contributed by atoms with Gasteiger partial charge in [0.2, 0.25) is 0 Å². The van der Waals surface area contributed by atoms with Gasteiger partial charge >= 0.3 is 5.97 Å². The highest BCUT2D eigenvalue weighted by Crippen LogP contribution is 2.31. The average molecular weight is 188 g/mol. The Hall–Kier alpha value is -0.610. The largest absolute Gasteiger partial charge is 0.481 e. The average Bonchev–Trinajstić information content (AvgIpc) is 2.02. The minimum Gasteiger partial charge on any atom is -0.481 e. The third kappa shape index (κ3) is 2.19. The number of carboxylic acid groups (broad SMARTS) is 1. The van der Waals surface area contributed by atoms with E-state index in [4.69, 9.17) is 9.84 Å². The summed E-state index contributed by atoms with van der Waals surface area (Å²) in [4.78, 5) is 10.7. The molecule has 0 saturated carbocycles. The molecule has 1 fully saturated rings. The lowest BCUT2D eigenvalue weighted by Crippen LogP contribution is -2.47. The Kier molecular flexibility index (Phi) is 2.93. The van der Waals surface area contributed by atoms with Crippen molar-refractivity contribution in [3.8, 4) is 0 Å². The molecule has 76 valence electrons. The van der Waals surface area contributed by atoms with E-state index in [1.807, 2.05) is 6.92 Å². The summed E-state index contributed by atoms with van der Waals surface area (Å²) in [5.41, 5.74) is -1.09. The Morgan fingerprint density at radius 1 is 1.69 bits per heavy atom. The molecule has 0 aromatic carbocycles. The number of hydrogen-bond acceptors (Lipinski definition) is 3. The molecule has 1 heterocycles. The van der Waals surface area contributed by atoms with Gasteiger partial charge in [0.15, 0.2) is 0 Å². The maximum atomic E-state index is 10.7. The summed E-state index contributed by atoms with van der Waals surface area (Å²) in [6, 6.07) is 0. The molecular formula is C9H16O4. The van der Waals surface area contributed by atoms with Gasteiger partial charge < -0.3 is 14.9 Å². The Morgan fingerprint density at radius 2 is 2.31 bits per heavy atom. The molecule has 0 amide bonds. The van der Waals surface area contributed by atoms with Crippen LogP contribution in [0.4, 0.5) is 0 Å². The molecule has 13 heavy (non-hydrogen) atoms. The van der Waals surface area contributed by atoms with Crippen LogP contribution in [-0.2, 0) is 9.53 Å². The van der Waals surface area contributed by atoms with Crippen molar-refractivity contribution in [1.82, 2.24) is 0 Å². The second kappa shape index (κ2) is 3.64. The monoisotopic (exact) mass is 188 g/mol. The normalized spacial score (nSPS) is 37.0. The first-order valence-electron chi connectivity index (χ1n) is 4.52. The van der Waals surface area contributed by atoms with Crippen LogP contribution in [0.5, 0.6) is 0 Å². The molecule has 0 aromatic heterocycles. The van der Waals surface area contributed by atoms with E-state index >= 15 is 0 Å². The molecule has 0 spiro atoms. The van der Waals surface area contributed by atoms with E-state index in [9.17, 15) is 9.90 Å². The minimum atomic E-state index is -1.09. The first kappa shape index (κ1) is 10.5. The quantitative estimate of drug-likeness (QED) is 0.667. The van der Waals surface area contributed by atoms with Gasteiger partial charge in [-0.05, 0) is 13.8 Å². The molecule has 4 nitrogen and oxygen atoms in total. The van der Waals surface area contributed by atoms with Crippen LogP contribution in [-0.4, -0.2) is 34.5 Å². The third-order valence-corrected chi connectivity index (χ3v) is 2.75. The fourth-order valence-corrected chi connectivity index (χ4v) is 1.72. The summed E-state index contributed by atoms with van der Waals surface area (Å²) in [7, 11) is 0. The van der Waals surface area contributed by atoms with Crippen LogP contribution in [0.2, 0.25) is 0 Å². The van der Waals surface area contributed by atoms with Crippen LogP contribution >= 0.6 is 0 Å². The van der Waals surface area contributed by atoms with Gasteiger partial charge in [-0.1, -0.05) is 0 Å². The van der Waals surface area contributed by atoms with Gasteiger partial charge in [-0.3, -0.25) is 4.79 Å². The molecule has 0 radical (unpaired) electrons. The van der Waals surface area contributed by atoms with Crippen molar-refractivity contribution in [2.75, 3.05) is 6.61 Å². The number of hydrogen-bond donors (Lipinski definition) is 2. The highest BCUT2D eigenvalue weighted by atomic mass is 16.5. The fourth-order valence-electron chi connectivity index (χ4n) is 1.72. The number of rotatable bonds is 2. The topological polar surface area (TPSA) is 66.8 Å². The van der Waals surface area contributed by atoms with E-state index in [1.165, 1.54) is 0 Å². The fraction of sp³-hybridized carbons (Fsp3) is 0.889. The molecular weight excluding hydrogens is 172 g/mol. The summed E-state index contributed by atoms with van der Waals surface area (Å²) >= 11 is 0. The van der Waals surface area contributed by atoms with Crippen molar-refractivity contribution in [3.05, 3.63) is 0 Å². The van der Waals surface area contributed by atoms with E-state index in [0.717, 1.165) is 0 Å². The highest BCUT2D eigenvalue weighted by molar-refractivity contribution is 5.71. The molecule has 3 atom stereocenters. The first-order chi connectivity index (χ1) is 5.96. The maximum absolute atomic E-state index is 10.7. The van der Waals surface area contributed by atoms with Crippen molar-refractivity contribution < 1.29 is 19.7 Å². The van der Waals surface area contributed by atoms with Crippen molar-refractivity contribution in [2.45, 2.75) is 38.4 Å². The van der Waals surface area contributed by atoms with E-state index in [-0.39, 0.29) is 6.10 Å². The van der Waals surface area contributed by atoms with Crippen molar-refractivity contribution >= 4 is 5.97 Å². The van der Waals surface area contributed by atoms with Crippen LogP contribution in [0.3, 0.4) is 0 Å². The molecule has 1 rings (SSSR count). The second-order valence-electron chi connectivity index (χ2n) is 3.80. The summed E-state index contributed by atoms with van der Waals surface area (Å²) < 4.78 is 5.25. The third-order valence-electron chi connectivity index (χ3n) is 2.75. The molecule has 1 aliphatic rings. The van der Waals surface area contributed by atoms with Gasteiger partial charge in [0.25, 0.3) is 0 Å². The molecule has 4 heteroatoms. The molecule has 1 saturated heterocycles. The number of ether oxygens (including phenoxy) is 1. The minimum absolute atomic E-state index is 0.0550. The lowest BCUT2D eigenvalue weighted by molar-refractivity contribution is -0.163. The van der Waals surface area contributed by atoms with E-state index in [1.54, 1.807) is 6.92 Å². The highest BCUT2D eigenvalue weighted by Gasteiger charge is 2.41. The number of carboxylic acids is 1. The van der Waals surface area contributed by atoms with Gasteiger partial charge in [-0.25, -0.2) is 0 Å². The molecule has 0 aromatic rings. The summed E-state index contributed by atoms with van der Waals surface area (Å²) in [5, 5.41) is 18.8. The first-order valence-corrected chi connectivity index (χ1v) is 4.52. The Labute approximate surface area is 77.5 Å². The number of aliphatic carboxylic acids is 1. The van der Waals surface area contributed by atoms with Gasteiger partial charge in [-0.15, -0.1) is 0 Å². The van der Waals surface area contributed by atoms with Crippen LogP contribution in [0.1, 0.15) is 26.7 Å². The van der Waals surface area contributed by atoms with Crippen molar-refractivity contribution in [2.24, 2.45) is 5.92 Å². The zero-order chi connectivity index (χ0) is 10.1. The number of carbonyl (C=O) groups is 1. The van der Waals surface area contributed by atoms with E-state index in [2.05, 4.69) is 0 Å². The maximum Gasteiger partial charge on any atom is 0.309 e. The summed E-state index contributed by atoms with van der Waals surface area (Å²) in [6.07, 6.45) is 0.756. The molecule has 0 aliphatic carbocycles. The van der Waals surface area contributed by atoms with Crippen LogP contribution in [0.25, 0.3) is 0 Å². The smallest absolute Gasteiger partial charge is 0.309 e. The molecule has 3 unspecified atom stereocenters. The Morgan fingerprint density at radius 3 is 2.77 bits per heavy atom. The lowest BCUT2D eigenvalue weighted by Gasteiger charge is -2.38. The molecule has 0 bridgehead atoms. The summed E-state index contributed by atoms with van der Waals surface area (Å²) in [6.45, 7) is 3.83. The Bertz CT molecular complexity index is 204. The predicted octanol–water partition coefficient (Wildman–Crippen LogP) is 0.637. The zero-order valence-electron chi connectivity index (χ0n) is 7.99.